The molecule has 0 heterocycles. The number of nitrogens with one attached hydrogen (secondary N) is 1. The summed E-state index contributed by atoms with van der Waals surface area (Å²) in [6.45, 7) is 5.87. The minimum Gasteiger partial charge on any atom is -0.497 e. The van der Waals surface area contributed by atoms with Gasteiger partial charge in [-0.25, -0.2) is 4.79 Å². The lowest BCUT2D eigenvalue weighted by Crippen LogP contribution is -2.31. The summed E-state index contributed by atoms with van der Waals surface area (Å²) in [6.07, 6.45) is 1.02. The van der Waals surface area contributed by atoms with Crippen molar-refractivity contribution >= 4 is 11.9 Å². The monoisotopic (exact) mass is 399 g/mol. The molecule has 2 rings (SSSR count). The highest BCUT2D eigenvalue weighted by Crippen LogP contribution is 2.24. The topological polar surface area (TPSA) is 73.9 Å². The third-order valence-corrected chi connectivity index (χ3v) is 4.46. The summed E-state index contributed by atoms with van der Waals surface area (Å²) in [5.74, 6) is 0.416. The van der Waals surface area contributed by atoms with Crippen molar-refractivity contribution < 1.29 is 23.8 Å². The highest BCUT2D eigenvalue weighted by molar-refractivity contribution is 5.94. The Morgan fingerprint density at radius 2 is 1.66 bits per heavy atom. The first-order chi connectivity index (χ1) is 13.8. The Bertz CT molecular complexity index is 830. The van der Waals surface area contributed by atoms with Crippen LogP contribution in [0.25, 0.3) is 0 Å². The summed E-state index contributed by atoms with van der Waals surface area (Å²) in [5.41, 5.74) is 2.46. The van der Waals surface area contributed by atoms with Crippen molar-refractivity contribution in [1.29, 1.82) is 0 Å². The largest absolute Gasteiger partial charge is 0.497 e. The van der Waals surface area contributed by atoms with Crippen molar-refractivity contribution in [3.05, 3.63) is 59.2 Å². The summed E-state index contributed by atoms with van der Waals surface area (Å²) in [5, 5.41) is 2.84. The van der Waals surface area contributed by atoms with Gasteiger partial charge < -0.3 is 19.5 Å². The van der Waals surface area contributed by atoms with E-state index < -0.39 is 5.97 Å². The molecule has 1 N–H and O–H groups in total. The predicted octanol–water partition coefficient (Wildman–Crippen LogP) is 3.94. The van der Waals surface area contributed by atoms with Gasteiger partial charge in [0.15, 0.2) is 6.61 Å². The fraction of sp³-hybridized carbons (Fsp3) is 0.391. The van der Waals surface area contributed by atoms with Gasteiger partial charge in [-0.3, -0.25) is 4.79 Å². The van der Waals surface area contributed by atoms with Crippen LogP contribution in [0.5, 0.6) is 11.5 Å². The van der Waals surface area contributed by atoms with E-state index in [4.69, 9.17) is 14.2 Å². The second-order valence-electron chi connectivity index (χ2n) is 7.27. The van der Waals surface area contributed by atoms with Gasteiger partial charge in [0.2, 0.25) is 0 Å². The van der Waals surface area contributed by atoms with Gasteiger partial charge in [0.1, 0.15) is 17.1 Å². The van der Waals surface area contributed by atoms with E-state index in [2.05, 4.69) is 31.3 Å². The molecule has 0 aromatic heterocycles. The number of carbonyl (C=O) groups excluding carboxylic acids is 2. The average Bonchev–Trinajstić information content (AvgIpc) is 2.71. The van der Waals surface area contributed by atoms with Crippen LogP contribution in [0.3, 0.4) is 0 Å². The molecule has 1 atom stereocenters. The van der Waals surface area contributed by atoms with E-state index in [1.807, 2.05) is 19.1 Å². The molecule has 0 radical (unpaired) electrons. The molecule has 1 amide bonds. The van der Waals surface area contributed by atoms with Gasteiger partial charge in [-0.15, -0.1) is 0 Å². The van der Waals surface area contributed by atoms with Crippen LogP contribution in [0.1, 0.15) is 48.3 Å². The van der Waals surface area contributed by atoms with Crippen molar-refractivity contribution in [2.45, 2.75) is 33.2 Å². The lowest BCUT2D eigenvalue weighted by atomic mass is 10.00. The number of benzene rings is 2. The zero-order valence-corrected chi connectivity index (χ0v) is 17.7. The Labute approximate surface area is 172 Å². The second kappa shape index (κ2) is 10.5. The van der Waals surface area contributed by atoms with Crippen LogP contribution in [0.4, 0.5) is 0 Å². The van der Waals surface area contributed by atoms with Crippen LogP contribution >= 0.6 is 0 Å². The van der Waals surface area contributed by atoms with Crippen molar-refractivity contribution in [2.24, 2.45) is 5.92 Å². The van der Waals surface area contributed by atoms with Gasteiger partial charge in [-0.05, 0) is 48.6 Å². The number of rotatable bonds is 9. The number of esters is 1. The van der Waals surface area contributed by atoms with Crippen LogP contribution in [0.15, 0.2) is 42.5 Å². The molecular formula is C23H29NO5. The molecule has 0 unspecified atom stereocenters. The SMILES string of the molecule is COc1ccc(OC)c(C(=O)OCC(=O)N[C@@H](C)c2ccc(CC(C)C)cc2)c1. The first-order valence-corrected chi connectivity index (χ1v) is 9.61. The first kappa shape index (κ1) is 22.3. The molecule has 0 aliphatic carbocycles. The summed E-state index contributed by atoms with van der Waals surface area (Å²) in [7, 11) is 2.96. The molecule has 0 aliphatic rings. The standard InChI is InChI=1S/C23H29NO5/c1-15(2)12-17-6-8-18(9-7-17)16(3)24-22(25)14-29-23(26)20-13-19(27-4)10-11-21(20)28-5/h6-11,13,15-16H,12,14H2,1-5H3,(H,24,25)/t16-/m0/s1. The Kier molecular flexibility index (Phi) is 8.07. The van der Waals surface area contributed by atoms with E-state index >= 15 is 0 Å². The summed E-state index contributed by atoms with van der Waals surface area (Å²) in [4.78, 5) is 24.5. The Balaban J connectivity index is 1.91. The average molecular weight is 399 g/mol. The molecule has 156 valence electrons. The normalized spacial score (nSPS) is 11.7. The van der Waals surface area contributed by atoms with Crippen LogP contribution in [0.2, 0.25) is 0 Å². The third kappa shape index (κ3) is 6.52. The third-order valence-electron chi connectivity index (χ3n) is 4.46. The molecule has 0 bridgehead atoms. The predicted molar refractivity (Wildman–Crippen MR) is 111 cm³/mol. The van der Waals surface area contributed by atoms with Gasteiger partial charge in [0, 0.05) is 0 Å². The zero-order chi connectivity index (χ0) is 21.4. The first-order valence-electron chi connectivity index (χ1n) is 9.61. The number of hydrogen-bond donors (Lipinski definition) is 1. The highest BCUT2D eigenvalue weighted by atomic mass is 16.5. The molecule has 6 heteroatoms. The number of hydrogen-bond acceptors (Lipinski definition) is 5. The van der Waals surface area contributed by atoms with E-state index in [0.29, 0.717) is 17.4 Å². The maximum Gasteiger partial charge on any atom is 0.342 e. The Hall–Kier alpha value is -3.02. The van der Waals surface area contributed by atoms with E-state index in [1.54, 1.807) is 12.1 Å². The van der Waals surface area contributed by atoms with Crippen molar-refractivity contribution in [1.82, 2.24) is 5.32 Å². The molecule has 29 heavy (non-hydrogen) atoms. The number of carbonyl (C=O) groups is 2. The molecule has 0 saturated carbocycles. The van der Waals surface area contributed by atoms with Crippen molar-refractivity contribution in [2.75, 3.05) is 20.8 Å². The van der Waals surface area contributed by atoms with E-state index in [-0.39, 0.29) is 24.1 Å². The maximum atomic E-state index is 12.3. The lowest BCUT2D eigenvalue weighted by molar-refractivity contribution is -0.124. The highest BCUT2D eigenvalue weighted by Gasteiger charge is 2.17. The van der Waals surface area contributed by atoms with Crippen molar-refractivity contribution in [3.63, 3.8) is 0 Å². The zero-order valence-electron chi connectivity index (χ0n) is 17.7. The molecule has 2 aromatic carbocycles. The van der Waals surface area contributed by atoms with Crippen LogP contribution in [-0.2, 0) is 16.0 Å². The minimum atomic E-state index is -0.651. The fourth-order valence-corrected chi connectivity index (χ4v) is 2.96. The van der Waals surface area contributed by atoms with Gasteiger partial charge in [-0.1, -0.05) is 38.1 Å². The molecular weight excluding hydrogens is 370 g/mol. The molecule has 0 saturated heterocycles. The Morgan fingerprint density at radius 3 is 2.24 bits per heavy atom. The Morgan fingerprint density at radius 1 is 0.966 bits per heavy atom. The molecule has 0 fully saturated rings. The summed E-state index contributed by atoms with van der Waals surface area (Å²) < 4.78 is 15.4. The van der Waals surface area contributed by atoms with Crippen LogP contribution in [-0.4, -0.2) is 32.7 Å². The van der Waals surface area contributed by atoms with Gasteiger partial charge in [0.25, 0.3) is 5.91 Å². The van der Waals surface area contributed by atoms with E-state index in [1.165, 1.54) is 25.8 Å². The summed E-state index contributed by atoms with van der Waals surface area (Å²) >= 11 is 0. The quantitative estimate of drug-likeness (QED) is 0.647. The van der Waals surface area contributed by atoms with Gasteiger partial charge >= 0.3 is 5.97 Å². The fourth-order valence-electron chi connectivity index (χ4n) is 2.96. The molecule has 0 aliphatic heterocycles. The van der Waals surface area contributed by atoms with Crippen molar-refractivity contribution in [3.8, 4) is 11.5 Å². The molecule has 2 aromatic rings. The molecule has 6 nitrogen and oxygen atoms in total. The number of amides is 1. The van der Waals surface area contributed by atoms with E-state index in [0.717, 1.165) is 12.0 Å². The number of methoxy groups -OCH3 is 2. The lowest BCUT2D eigenvalue weighted by Gasteiger charge is -2.16. The number of ether oxygens (including phenoxy) is 3. The van der Waals surface area contributed by atoms with Gasteiger partial charge in [0.05, 0.1) is 20.3 Å². The maximum absolute atomic E-state index is 12.3. The van der Waals surface area contributed by atoms with Crippen LogP contribution in [0, 0.1) is 5.92 Å². The minimum absolute atomic E-state index is 0.194. The second-order valence-corrected chi connectivity index (χ2v) is 7.27. The summed E-state index contributed by atoms with van der Waals surface area (Å²) in [6, 6.07) is 12.8. The van der Waals surface area contributed by atoms with Crippen LogP contribution < -0.4 is 14.8 Å². The smallest absolute Gasteiger partial charge is 0.342 e. The molecule has 0 spiro atoms. The van der Waals surface area contributed by atoms with E-state index in [9.17, 15) is 9.59 Å². The van der Waals surface area contributed by atoms with Gasteiger partial charge in [-0.2, -0.15) is 0 Å².